The Morgan fingerprint density at radius 1 is 1.26 bits per heavy atom. The molecule has 3 heteroatoms. The molecule has 2 unspecified atom stereocenters. The predicted octanol–water partition coefficient (Wildman–Crippen LogP) is 4.45. The molecule has 3 rings (SSSR count). The Bertz CT molecular complexity index is 474. The van der Waals surface area contributed by atoms with E-state index < -0.39 is 0 Å². The zero-order valence-electron chi connectivity index (χ0n) is 11.7. The minimum absolute atomic E-state index is 0.0255. The Labute approximate surface area is 119 Å². The highest BCUT2D eigenvalue weighted by Gasteiger charge is 2.61. The maximum Gasteiger partial charge on any atom is 0.139 e. The molecule has 0 radical (unpaired) electrons. The van der Waals surface area contributed by atoms with Crippen LogP contribution in [0.2, 0.25) is 5.02 Å². The Morgan fingerprint density at radius 3 is 2.16 bits per heavy atom. The van der Waals surface area contributed by atoms with Crippen LogP contribution in [0.4, 0.5) is 0 Å². The van der Waals surface area contributed by atoms with Crippen LogP contribution < -0.4 is 0 Å². The lowest BCUT2D eigenvalue weighted by Crippen LogP contribution is -2.32. The van der Waals surface area contributed by atoms with Crippen molar-refractivity contribution in [1.29, 1.82) is 0 Å². The molecule has 0 spiro atoms. The number of fused-ring (bicyclic) bond motifs is 2. The minimum atomic E-state index is 0.0255. The van der Waals surface area contributed by atoms with E-state index in [1.807, 2.05) is 0 Å². The second kappa shape index (κ2) is 4.82. The molecule has 0 amide bonds. The van der Waals surface area contributed by atoms with E-state index in [4.69, 9.17) is 16.7 Å². The summed E-state index contributed by atoms with van der Waals surface area (Å²) in [6, 6.07) is 6.67. The number of hydrogen-bond acceptors (Lipinski definition) is 2. The van der Waals surface area contributed by atoms with Crippen LogP contribution in [0.25, 0.3) is 0 Å². The summed E-state index contributed by atoms with van der Waals surface area (Å²) in [6.07, 6.45) is 3.25. The number of halogens is 1. The quantitative estimate of drug-likeness (QED) is 0.762. The number of carbonyl (C=O) groups is 1. The molecule has 0 aliphatic heterocycles. The van der Waals surface area contributed by atoms with Crippen LogP contribution in [-0.2, 0) is 4.79 Å². The first-order valence-electron chi connectivity index (χ1n) is 6.76. The third kappa shape index (κ3) is 2.27. The van der Waals surface area contributed by atoms with E-state index >= 15 is 0 Å². The van der Waals surface area contributed by atoms with Crippen LogP contribution in [0, 0.1) is 16.7 Å². The van der Waals surface area contributed by atoms with Crippen molar-refractivity contribution in [3.8, 4) is 5.75 Å². The van der Waals surface area contributed by atoms with E-state index in [9.17, 15) is 4.79 Å². The molecule has 2 saturated carbocycles. The number of benzene rings is 1. The molecule has 0 aromatic heterocycles. The van der Waals surface area contributed by atoms with E-state index in [1.165, 1.54) is 6.42 Å². The number of phenolic OH excluding ortho intramolecular Hbond substituents is 1. The molecule has 1 N–H and O–H groups in total. The third-order valence-corrected chi connectivity index (χ3v) is 5.65. The topological polar surface area (TPSA) is 37.3 Å². The number of para-hydroxylation sites is 1. The Hall–Kier alpha value is -1.02. The van der Waals surface area contributed by atoms with E-state index in [-0.39, 0.29) is 16.6 Å². The molecule has 2 bridgehead atoms. The first kappa shape index (κ1) is 14.4. The molecule has 2 fully saturated rings. The van der Waals surface area contributed by atoms with Crippen LogP contribution in [0.1, 0.15) is 40.0 Å². The van der Waals surface area contributed by atoms with Gasteiger partial charge in [0.05, 0.1) is 5.02 Å². The monoisotopic (exact) mass is 280 g/mol. The van der Waals surface area contributed by atoms with Gasteiger partial charge < -0.3 is 5.11 Å². The van der Waals surface area contributed by atoms with Crippen molar-refractivity contribution in [2.75, 3.05) is 0 Å². The van der Waals surface area contributed by atoms with E-state index in [0.29, 0.717) is 16.7 Å². The lowest BCUT2D eigenvalue weighted by Gasteiger charge is -2.32. The standard InChI is InChI=1S/C10H16O.C6H5ClO/c1-9(2)7-4-5-10(9,3)8(11)6-7;7-5-3-1-2-4-6(5)8/h7H,4-6H2,1-3H3;1-4,8H. The minimum Gasteiger partial charge on any atom is -0.506 e. The summed E-state index contributed by atoms with van der Waals surface area (Å²) in [5, 5.41) is 9.18. The van der Waals surface area contributed by atoms with Crippen LogP contribution in [0.15, 0.2) is 24.3 Å². The van der Waals surface area contributed by atoms with Crippen molar-refractivity contribution in [3.05, 3.63) is 29.3 Å². The summed E-state index contributed by atoms with van der Waals surface area (Å²) in [5.41, 5.74) is 0.307. The molecule has 2 nitrogen and oxygen atoms in total. The largest absolute Gasteiger partial charge is 0.506 e. The maximum absolute atomic E-state index is 11.6. The van der Waals surface area contributed by atoms with Crippen molar-refractivity contribution in [2.45, 2.75) is 40.0 Å². The number of phenols is 1. The van der Waals surface area contributed by atoms with Gasteiger partial charge in [0.2, 0.25) is 0 Å². The lowest BCUT2D eigenvalue weighted by atomic mass is 9.70. The van der Waals surface area contributed by atoms with Gasteiger partial charge in [0.1, 0.15) is 11.5 Å². The van der Waals surface area contributed by atoms with Gasteiger partial charge in [-0.3, -0.25) is 4.79 Å². The Morgan fingerprint density at radius 2 is 1.89 bits per heavy atom. The molecular formula is C16H21ClO2. The number of aromatic hydroxyl groups is 1. The molecule has 19 heavy (non-hydrogen) atoms. The van der Waals surface area contributed by atoms with E-state index in [1.54, 1.807) is 24.3 Å². The van der Waals surface area contributed by atoms with Crippen molar-refractivity contribution in [3.63, 3.8) is 0 Å². The van der Waals surface area contributed by atoms with Crippen molar-refractivity contribution < 1.29 is 9.90 Å². The molecule has 1 aromatic carbocycles. The summed E-state index contributed by atoms with van der Waals surface area (Å²) in [7, 11) is 0. The SMILES string of the molecule is CC12CCC(CC1=O)C2(C)C.Oc1ccccc1Cl. The van der Waals surface area contributed by atoms with Gasteiger partial charge in [0.15, 0.2) is 0 Å². The normalized spacial score (nSPS) is 30.9. The highest BCUT2D eigenvalue weighted by molar-refractivity contribution is 6.31. The molecule has 2 atom stereocenters. The van der Waals surface area contributed by atoms with Gasteiger partial charge in [-0.1, -0.05) is 44.5 Å². The van der Waals surface area contributed by atoms with Gasteiger partial charge in [-0.25, -0.2) is 0 Å². The fraction of sp³-hybridized carbons (Fsp3) is 0.562. The van der Waals surface area contributed by atoms with E-state index in [0.717, 1.165) is 12.8 Å². The molecule has 2 aliphatic carbocycles. The van der Waals surface area contributed by atoms with Gasteiger partial charge in [0.25, 0.3) is 0 Å². The number of carbonyl (C=O) groups excluding carboxylic acids is 1. The second-order valence-electron chi connectivity index (χ2n) is 6.37. The smallest absolute Gasteiger partial charge is 0.139 e. The van der Waals surface area contributed by atoms with Gasteiger partial charge in [-0.2, -0.15) is 0 Å². The summed E-state index contributed by atoms with van der Waals surface area (Å²) in [5.74, 6) is 1.33. The third-order valence-electron chi connectivity index (χ3n) is 5.34. The number of ketones is 1. The first-order chi connectivity index (χ1) is 8.79. The van der Waals surface area contributed by atoms with Crippen molar-refractivity contribution >= 4 is 17.4 Å². The average Bonchev–Trinajstić information content (AvgIpc) is 2.67. The predicted molar refractivity (Wildman–Crippen MR) is 77.4 cm³/mol. The van der Waals surface area contributed by atoms with Gasteiger partial charge in [0, 0.05) is 11.8 Å². The zero-order valence-corrected chi connectivity index (χ0v) is 12.5. The van der Waals surface area contributed by atoms with Crippen LogP contribution in [-0.4, -0.2) is 10.9 Å². The van der Waals surface area contributed by atoms with Crippen molar-refractivity contribution in [2.24, 2.45) is 16.7 Å². The van der Waals surface area contributed by atoms with Gasteiger partial charge in [-0.15, -0.1) is 0 Å². The Kier molecular flexibility index (Phi) is 3.65. The fourth-order valence-electron chi connectivity index (χ4n) is 3.35. The highest BCUT2D eigenvalue weighted by atomic mass is 35.5. The Balaban J connectivity index is 0.000000148. The van der Waals surface area contributed by atoms with Gasteiger partial charge in [-0.05, 0) is 36.3 Å². The average molecular weight is 281 g/mol. The fourth-order valence-corrected chi connectivity index (χ4v) is 3.49. The van der Waals surface area contributed by atoms with Gasteiger partial charge >= 0.3 is 0 Å². The summed E-state index contributed by atoms with van der Waals surface area (Å²) < 4.78 is 0. The second-order valence-corrected chi connectivity index (χ2v) is 6.78. The zero-order chi connectivity index (χ0) is 14.3. The first-order valence-corrected chi connectivity index (χ1v) is 7.13. The summed E-state index contributed by atoms with van der Waals surface area (Å²) in [4.78, 5) is 11.6. The summed E-state index contributed by atoms with van der Waals surface area (Å²) >= 11 is 5.46. The number of Topliss-reactive ketones (excluding diaryl/α,β-unsaturated/α-hetero) is 1. The maximum atomic E-state index is 11.6. The summed E-state index contributed by atoms with van der Waals surface area (Å²) in [6.45, 7) is 6.67. The molecule has 2 aliphatic rings. The number of hydrogen-bond donors (Lipinski definition) is 1. The van der Waals surface area contributed by atoms with Crippen LogP contribution >= 0.6 is 11.6 Å². The molecule has 0 heterocycles. The van der Waals surface area contributed by atoms with Crippen LogP contribution in [0.3, 0.4) is 0 Å². The van der Waals surface area contributed by atoms with Crippen molar-refractivity contribution in [1.82, 2.24) is 0 Å². The van der Waals surface area contributed by atoms with E-state index in [2.05, 4.69) is 20.8 Å². The lowest BCUT2D eigenvalue weighted by molar-refractivity contribution is -0.128. The number of rotatable bonds is 0. The molecule has 1 aromatic rings. The molecular weight excluding hydrogens is 260 g/mol. The molecule has 0 saturated heterocycles. The molecule has 104 valence electrons. The highest BCUT2D eigenvalue weighted by Crippen LogP contribution is 2.63. The van der Waals surface area contributed by atoms with Crippen LogP contribution in [0.5, 0.6) is 5.75 Å².